The van der Waals surface area contributed by atoms with Crippen LogP contribution in [-0.2, 0) is 0 Å². The van der Waals surface area contributed by atoms with Crippen LogP contribution in [0.15, 0.2) is 29.4 Å². The van der Waals surface area contributed by atoms with Crippen molar-refractivity contribution < 1.29 is 4.74 Å². The molecule has 1 aromatic heterocycles. The summed E-state index contributed by atoms with van der Waals surface area (Å²) in [5, 5.41) is 4.17. The highest BCUT2D eigenvalue weighted by atomic mass is 32.1. The first-order valence-corrected chi connectivity index (χ1v) is 7.27. The molecule has 0 saturated heterocycles. The third-order valence-electron chi connectivity index (χ3n) is 3.42. The van der Waals surface area contributed by atoms with Crippen molar-refractivity contribution in [2.45, 2.75) is 20.8 Å². The molecular formula is C16H20N4OS. The van der Waals surface area contributed by atoms with Gasteiger partial charge in [0.15, 0.2) is 5.11 Å². The molecule has 6 heteroatoms. The lowest BCUT2D eigenvalue weighted by atomic mass is 10.2. The molecule has 0 spiro atoms. The third-order valence-corrected chi connectivity index (χ3v) is 3.52. The Morgan fingerprint density at radius 1 is 1.32 bits per heavy atom. The highest BCUT2D eigenvalue weighted by Gasteiger charge is 2.13. The van der Waals surface area contributed by atoms with Crippen LogP contribution in [-0.4, -0.2) is 23.0 Å². The summed E-state index contributed by atoms with van der Waals surface area (Å²) >= 11 is 4.73. The minimum Gasteiger partial charge on any atom is -0.495 e. The highest BCUT2D eigenvalue weighted by molar-refractivity contribution is 7.80. The molecule has 0 atom stereocenters. The Hall–Kier alpha value is -2.34. The predicted octanol–water partition coefficient (Wildman–Crippen LogP) is 2.58. The molecule has 0 radical (unpaired) electrons. The molecule has 22 heavy (non-hydrogen) atoms. The topological polar surface area (TPSA) is 64.6 Å². The number of rotatable bonds is 4. The van der Waals surface area contributed by atoms with Crippen molar-refractivity contribution >= 4 is 23.5 Å². The first-order valence-electron chi connectivity index (χ1n) is 6.86. The predicted molar refractivity (Wildman–Crippen MR) is 94.0 cm³/mol. The molecule has 3 N–H and O–H groups in total. The maximum Gasteiger partial charge on any atom is 0.184 e. The number of nitrogens with two attached hydrogens (primary N) is 1. The van der Waals surface area contributed by atoms with Crippen LogP contribution in [0.4, 0.5) is 0 Å². The largest absolute Gasteiger partial charge is 0.495 e. The summed E-state index contributed by atoms with van der Waals surface area (Å²) in [5.41, 5.74) is 13.3. The lowest BCUT2D eigenvalue weighted by molar-refractivity contribution is 0.412. The SMILES string of the molecule is COc1ccc(C)cc1-n1c(C)cc(/C=N\NC(N)=S)c1C. The molecule has 2 aromatic rings. The molecular weight excluding hydrogens is 296 g/mol. The van der Waals surface area contributed by atoms with E-state index in [9.17, 15) is 0 Å². The Morgan fingerprint density at radius 3 is 2.68 bits per heavy atom. The fourth-order valence-electron chi connectivity index (χ4n) is 2.43. The Bertz CT molecular complexity index is 734. The molecule has 1 aromatic carbocycles. The van der Waals surface area contributed by atoms with Crippen molar-refractivity contribution in [2.24, 2.45) is 10.8 Å². The Labute approximate surface area is 135 Å². The van der Waals surface area contributed by atoms with Gasteiger partial charge in [0.2, 0.25) is 0 Å². The minimum absolute atomic E-state index is 0.144. The van der Waals surface area contributed by atoms with E-state index >= 15 is 0 Å². The number of aryl methyl sites for hydroxylation is 2. The fourth-order valence-corrected chi connectivity index (χ4v) is 2.48. The average molecular weight is 316 g/mol. The number of ether oxygens (including phenoxy) is 1. The summed E-state index contributed by atoms with van der Waals surface area (Å²) in [6.45, 7) is 6.15. The van der Waals surface area contributed by atoms with Gasteiger partial charge in [-0.1, -0.05) is 6.07 Å². The van der Waals surface area contributed by atoms with Gasteiger partial charge in [0.25, 0.3) is 0 Å². The molecule has 0 aliphatic heterocycles. The van der Waals surface area contributed by atoms with E-state index in [0.29, 0.717) is 0 Å². The van der Waals surface area contributed by atoms with Crippen LogP contribution >= 0.6 is 12.2 Å². The van der Waals surface area contributed by atoms with Gasteiger partial charge < -0.3 is 15.0 Å². The van der Waals surface area contributed by atoms with Crippen LogP contribution in [0.25, 0.3) is 5.69 Å². The number of hydrogen-bond acceptors (Lipinski definition) is 3. The van der Waals surface area contributed by atoms with Gasteiger partial charge in [0.1, 0.15) is 5.75 Å². The molecule has 0 amide bonds. The van der Waals surface area contributed by atoms with Crippen LogP contribution in [0, 0.1) is 20.8 Å². The highest BCUT2D eigenvalue weighted by Crippen LogP contribution is 2.28. The number of hydrogen-bond donors (Lipinski definition) is 2. The Morgan fingerprint density at radius 2 is 2.05 bits per heavy atom. The maximum atomic E-state index is 5.49. The van der Waals surface area contributed by atoms with Crippen molar-refractivity contribution in [1.29, 1.82) is 0 Å². The number of nitrogens with zero attached hydrogens (tertiary/aromatic N) is 2. The standard InChI is InChI=1S/C16H20N4OS/c1-10-5-6-15(21-4)14(7-10)20-11(2)8-13(12(20)3)9-18-19-16(17)22/h5-9H,1-4H3,(H3,17,19,22)/b18-9-. The Balaban J connectivity index is 2.49. The number of nitrogens with one attached hydrogen (secondary N) is 1. The van der Waals surface area contributed by atoms with Gasteiger partial charge in [0.05, 0.1) is 19.0 Å². The molecule has 0 aliphatic carbocycles. The van der Waals surface area contributed by atoms with Crippen molar-refractivity contribution in [3.8, 4) is 11.4 Å². The van der Waals surface area contributed by atoms with E-state index in [4.69, 9.17) is 22.7 Å². The number of hydrazone groups is 1. The first kappa shape index (κ1) is 16.0. The van der Waals surface area contributed by atoms with E-state index < -0.39 is 0 Å². The van der Waals surface area contributed by atoms with E-state index in [2.05, 4.69) is 34.2 Å². The van der Waals surface area contributed by atoms with Crippen molar-refractivity contribution in [3.63, 3.8) is 0 Å². The number of thiocarbonyl (C=S) groups is 1. The normalized spacial score (nSPS) is 10.9. The Kier molecular flexibility index (Phi) is 4.82. The maximum absolute atomic E-state index is 5.49. The summed E-state index contributed by atoms with van der Waals surface area (Å²) in [6.07, 6.45) is 1.71. The molecule has 0 aliphatic rings. The number of aromatic nitrogens is 1. The smallest absolute Gasteiger partial charge is 0.184 e. The molecule has 0 unspecified atom stereocenters. The van der Waals surface area contributed by atoms with E-state index in [1.807, 2.05) is 26.0 Å². The van der Waals surface area contributed by atoms with Gasteiger partial charge in [-0.2, -0.15) is 5.10 Å². The van der Waals surface area contributed by atoms with Crippen LogP contribution in [0.3, 0.4) is 0 Å². The van der Waals surface area contributed by atoms with E-state index in [-0.39, 0.29) is 5.11 Å². The monoisotopic (exact) mass is 316 g/mol. The van der Waals surface area contributed by atoms with Crippen LogP contribution in [0.5, 0.6) is 5.75 Å². The lowest BCUT2D eigenvalue weighted by Crippen LogP contribution is -2.24. The van der Waals surface area contributed by atoms with Gasteiger partial charge >= 0.3 is 0 Å². The minimum atomic E-state index is 0.144. The second-order valence-electron chi connectivity index (χ2n) is 5.07. The quantitative estimate of drug-likeness (QED) is 0.517. The number of benzene rings is 1. The van der Waals surface area contributed by atoms with Gasteiger partial charge in [0, 0.05) is 17.0 Å². The molecule has 5 nitrogen and oxygen atoms in total. The summed E-state index contributed by atoms with van der Waals surface area (Å²) in [7, 11) is 1.68. The van der Waals surface area contributed by atoms with Crippen molar-refractivity contribution in [3.05, 3.63) is 46.8 Å². The van der Waals surface area contributed by atoms with Crippen LogP contribution in [0.2, 0.25) is 0 Å². The summed E-state index contributed by atoms with van der Waals surface area (Å²) < 4.78 is 7.63. The summed E-state index contributed by atoms with van der Waals surface area (Å²) in [6, 6.07) is 8.17. The fraction of sp³-hybridized carbons (Fsp3) is 0.250. The third kappa shape index (κ3) is 3.28. The van der Waals surface area contributed by atoms with Crippen molar-refractivity contribution in [2.75, 3.05) is 7.11 Å². The van der Waals surface area contributed by atoms with Gasteiger partial charge in [-0.3, -0.25) is 5.43 Å². The molecule has 0 bridgehead atoms. The van der Waals surface area contributed by atoms with Crippen molar-refractivity contribution in [1.82, 2.24) is 9.99 Å². The second kappa shape index (κ2) is 6.62. The summed E-state index contributed by atoms with van der Waals surface area (Å²) in [4.78, 5) is 0. The van der Waals surface area contributed by atoms with E-state index in [1.165, 1.54) is 5.56 Å². The van der Waals surface area contributed by atoms with Crippen LogP contribution < -0.4 is 15.9 Å². The van der Waals surface area contributed by atoms with Gasteiger partial charge in [-0.15, -0.1) is 0 Å². The van der Waals surface area contributed by atoms with E-state index in [0.717, 1.165) is 28.4 Å². The first-order chi connectivity index (χ1) is 10.4. The zero-order chi connectivity index (χ0) is 16.3. The molecule has 116 valence electrons. The zero-order valence-corrected chi connectivity index (χ0v) is 14.0. The molecule has 1 heterocycles. The molecule has 2 rings (SSSR count). The van der Waals surface area contributed by atoms with Gasteiger partial charge in [-0.25, -0.2) is 0 Å². The zero-order valence-electron chi connectivity index (χ0n) is 13.2. The summed E-state index contributed by atoms with van der Waals surface area (Å²) in [5.74, 6) is 0.831. The van der Waals surface area contributed by atoms with Crippen LogP contribution in [0.1, 0.15) is 22.5 Å². The molecule has 0 fully saturated rings. The van der Waals surface area contributed by atoms with E-state index in [1.54, 1.807) is 13.3 Å². The molecule has 0 saturated carbocycles. The second-order valence-corrected chi connectivity index (χ2v) is 5.51. The number of methoxy groups -OCH3 is 1. The van der Waals surface area contributed by atoms with Gasteiger partial charge in [-0.05, 0) is 56.8 Å². The lowest BCUT2D eigenvalue weighted by Gasteiger charge is -2.14. The average Bonchev–Trinajstić information content (AvgIpc) is 2.73.